The summed E-state index contributed by atoms with van der Waals surface area (Å²) in [5.41, 5.74) is 2.31. The average Bonchev–Trinajstić information content (AvgIpc) is 2.58. The third-order valence-electron chi connectivity index (χ3n) is 2.88. The van der Waals surface area contributed by atoms with E-state index in [2.05, 4.69) is 16.1 Å². The molecule has 5 heteroatoms. The van der Waals surface area contributed by atoms with Crippen LogP contribution in [0.3, 0.4) is 0 Å². The van der Waals surface area contributed by atoms with E-state index in [9.17, 15) is 0 Å². The molecule has 0 aliphatic carbocycles. The molecule has 1 aromatic rings. The van der Waals surface area contributed by atoms with Crippen molar-refractivity contribution in [3.05, 3.63) is 17.5 Å². The summed E-state index contributed by atoms with van der Waals surface area (Å²) >= 11 is 5.81. The summed E-state index contributed by atoms with van der Waals surface area (Å²) in [4.78, 5) is 2.37. The van der Waals surface area contributed by atoms with E-state index >= 15 is 0 Å². The lowest BCUT2D eigenvalue weighted by Crippen LogP contribution is -2.42. The lowest BCUT2D eigenvalue weighted by Gasteiger charge is -2.31. The second-order valence-electron chi connectivity index (χ2n) is 4.28. The van der Waals surface area contributed by atoms with Gasteiger partial charge in [0.05, 0.1) is 24.1 Å². The Balaban J connectivity index is 1.96. The summed E-state index contributed by atoms with van der Waals surface area (Å²) in [7, 11) is 1.99. The van der Waals surface area contributed by atoms with E-state index in [1.807, 2.05) is 18.7 Å². The zero-order valence-corrected chi connectivity index (χ0v) is 10.6. The summed E-state index contributed by atoms with van der Waals surface area (Å²) in [5.74, 6) is 0.570. The first-order chi connectivity index (χ1) is 7.69. The maximum Gasteiger partial charge on any atom is 0.0837 e. The molecule has 1 unspecified atom stereocenters. The molecule has 1 fully saturated rings. The van der Waals surface area contributed by atoms with E-state index < -0.39 is 0 Å². The van der Waals surface area contributed by atoms with Gasteiger partial charge in [0, 0.05) is 32.6 Å². The smallest absolute Gasteiger partial charge is 0.0837 e. The molecule has 1 saturated heterocycles. The number of alkyl halides is 1. The summed E-state index contributed by atoms with van der Waals surface area (Å²) in [6, 6.07) is 2.13. The van der Waals surface area contributed by atoms with Crippen molar-refractivity contribution in [3.63, 3.8) is 0 Å². The molecule has 2 rings (SSSR count). The SMILES string of the molecule is Cc1cc(CN2CCOC(CCl)C2)n(C)n1. The minimum Gasteiger partial charge on any atom is -0.374 e. The van der Waals surface area contributed by atoms with Gasteiger partial charge in [0.15, 0.2) is 0 Å². The topological polar surface area (TPSA) is 30.3 Å². The van der Waals surface area contributed by atoms with Crippen LogP contribution in [-0.2, 0) is 18.3 Å². The molecule has 0 amide bonds. The van der Waals surface area contributed by atoms with Crippen molar-refractivity contribution in [3.8, 4) is 0 Å². The van der Waals surface area contributed by atoms with Gasteiger partial charge in [-0.15, -0.1) is 11.6 Å². The molecular formula is C11H18ClN3O. The molecule has 0 saturated carbocycles. The number of morpholine rings is 1. The van der Waals surface area contributed by atoms with Gasteiger partial charge >= 0.3 is 0 Å². The summed E-state index contributed by atoms with van der Waals surface area (Å²) in [5, 5.41) is 4.35. The van der Waals surface area contributed by atoms with Crippen LogP contribution in [0.1, 0.15) is 11.4 Å². The Hall–Kier alpha value is -0.580. The molecule has 4 nitrogen and oxygen atoms in total. The maximum atomic E-state index is 5.81. The Bertz CT molecular complexity index is 353. The Morgan fingerprint density at radius 2 is 2.44 bits per heavy atom. The van der Waals surface area contributed by atoms with E-state index in [1.54, 1.807) is 0 Å². The van der Waals surface area contributed by atoms with Crippen molar-refractivity contribution < 1.29 is 4.74 Å². The van der Waals surface area contributed by atoms with Crippen LogP contribution in [0.4, 0.5) is 0 Å². The molecule has 1 aliphatic heterocycles. The lowest BCUT2D eigenvalue weighted by molar-refractivity contribution is -0.0201. The van der Waals surface area contributed by atoms with Gasteiger partial charge < -0.3 is 4.74 Å². The van der Waals surface area contributed by atoms with Gasteiger partial charge in [0.1, 0.15) is 0 Å². The highest BCUT2D eigenvalue weighted by Gasteiger charge is 2.20. The zero-order chi connectivity index (χ0) is 11.5. The number of hydrogen-bond donors (Lipinski definition) is 0. The largest absolute Gasteiger partial charge is 0.374 e. The molecule has 0 N–H and O–H groups in total. The van der Waals surface area contributed by atoms with Crippen molar-refractivity contribution in [2.75, 3.05) is 25.6 Å². The Morgan fingerprint density at radius 1 is 1.62 bits per heavy atom. The third-order valence-corrected chi connectivity index (χ3v) is 3.22. The first-order valence-electron chi connectivity index (χ1n) is 5.58. The molecule has 90 valence electrons. The van der Waals surface area contributed by atoms with E-state index in [0.717, 1.165) is 31.9 Å². The summed E-state index contributed by atoms with van der Waals surface area (Å²) in [6.45, 7) is 5.60. The highest BCUT2D eigenvalue weighted by Crippen LogP contribution is 2.11. The molecule has 2 heterocycles. The van der Waals surface area contributed by atoms with Crippen LogP contribution >= 0.6 is 11.6 Å². The van der Waals surface area contributed by atoms with Gasteiger partial charge in [-0.2, -0.15) is 5.10 Å². The number of aryl methyl sites for hydroxylation is 2. The molecule has 0 spiro atoms. The van der Waals surface area contributed by atoms with Gasteiger partial charge in [0.2, 0.25) is 0 Å². The number of hydrogen-bond acceptors (Lipinski definition) is 3. The monoisotopic (exact) mass is 243 g/mol. The Morgan fingerprint density at radius 3 is 3.06 bits per heavy atom. The van der Waals surface area contributed by atoms with Crippen LogP contribution in [0.5, 0.6) is 0 Å². The molecule has 0 radical (unpaired) electrons. The molecule has 1 aliphatic rings. The maximum absolute atomic E-state index is 5.81. The van der Waals surface area contributed by atoms with Gasteiger partial charge in [0.25, 0.3) is 0 Å². The molecule has 0 aromatic carbocycles. The van der Waals surface area contributed by atoms with Crippen molar-refractivity contribution in [2.45, 2.75) is 19.6 Å². The number of halogens is 1. The van der Waals surface area contributed by atoms with Gasteiger partial charge in [-0.3, -0.25) is 9.58 Å². The first-order valence-corrected chi connectivity index (χ1v) is 6.12. The highest BCUT2D eigenvalue weighted by molar-refractivity contribution is 6.18. The van der Waals surface area contributed by atoms with Crippen molar-refractivity contribution in [1.82, 2.24) is 14.7 Å². The van der Waals surface area contributed by atoms with E-state index in [1.165, 1.54) is 5.69 Å². The fourth-order valence-corrected chi connectivity index (χ4v) is 2.25. The molecule has 1 aromatic heterocycles. The van der Waals surface area contributed by atoms with Crippen LogP contribution in [0, 0.1) is 6.92 Å². The van der Waals surface area contributed by atoms with Crippen LogP contribution in [0.2, 0.25) is 0 Å². The van der Waals surface area contributed by atoms with Crippen molar-refractivity contribution >= 4 is 11.6 Å². The number of ether oxygens (including phenoxy) is 1. The molecule has 16 heavy (non-hydrogen) atoms. The first kappa shape index (κ1) is 11.9. The Labute approximate surface area is 101 Å². The second kappa shape index (κ2) is 5.17. The number of nitrogens with zero attached hydrogens (tertiary/aromatic N) is 3. The molecule has 0 bridgehead atoms. The van der Waals surface area contributed by atoms with Gasteiger partial charge in [-0.1, -0.05) is 0 Å². The average molecular weight is 244 g/mol. The van der Waals surface area contributed by atoms with E-state index in [0.29, 0.717) is 5.88 Å². The minimum atomic E-state index is 0.171. The molecule has 1 atom stereocenters. The summed E-state index contributed by atoms with van der Waals surface area (Å²) in [6.07, 6.45) is 0.171. The lowest BCUT2D eigenvalue weighted by atomic mass is 10.2. The van der Waals surface area contributed by atoms with Gasteiger partial charge in [-0.05, 0) is 13.0 Å². The minimum absolute atomic E-state index is 0.171. The predicted octanol–water partition coefficient (Wildman–Crippen LogP) is 1.17. The van der Waals surface area contributed by atoms with Crippen molar-refractivity contribution in [1.29, 1.82) is 0 Å². The normalized spacial score (nSPS) is 22.6. The quantitative estimate of drug-likeness (QED) is 0.747. The van der Waals surface area contributed by atoms with Crippen LogP contribution in [0.15, 0.2) is 6.07 Å². The fraction of sp³-hybridized carbons (Fsp3) is 0.727. The van der Waals surface area contributed by atoms with E-state index in [-0.39, 0.29) is 6.10 Å². The summed E-state index contributed by atoms with van der Waals surface area (Å²) < 4.78 is 7.48. The number of rotatable bonds is 3. The van der Waals surface area contributed by atoms with Gasteiger partial charge in [-0.25, -0.2) is 0 Å². The standard InChI is InChI=1S/C11H18ClN3O/c1-9-5-10(14(2)13-9)7-15-3-4-16-11(6-12)8-15/h5,11H,3-4,6-8H2,1-2H3. The fourth-order valence-electron chi connectivity index (χ4n) is 2.06. The highest BCUT2D eigenvalue weighted by atomic mass is 35.5. The Kier molecular flexibility index (Phi) is 3.84. The van der Waals surface area contributed by atoms with Crippen LogP contribution in [-0.4, -0.2) is 46.4 Å². The van der Waals surface area contributed by atoms with Crippen LogP contribution in [0.25, 0.3) is 0 Å². The van der Waals surface area contributed by atoms with Crippen molar-refractivity contribution in [2.24, 2.45) is 7.05 Å². The molecular weight excluding hydrogens is 226 g/mol. The predicted molar refractivity (Wildman–Crippen MR) is 63.7 cm³/mol. The second-order valence-corrected chi connectivity index (χ2v) is 4.59. The zero-order valence-electron chi connectivity index (χ0n) is 9.82. The number of aromatic nitrogens is 2. The van der Waals surface area contributed by atoms with E-state index in [4.69, 9.17) is 16.3 Å². The third kappa shape index (κ3) is 2.75. The van der Waals surface area contributed by atoms with Crippen LogP contribution < -0.4 is 0 Å².